The van der Waals surface area contributed by atoms with Crippen LogP contribution in [-0.4, -0.2) is 78.2 Å². The summed E-state index contributed by atoms with van der Waals surface area (Å²) in [7, 11) is 1.64. The fourth-order valence-electron chi connectivity index (χ4n) is 4.11. The zero-order valence-corrected chi connectivity index (χ0v) is 20.8. The Balaban J connectivity index is 1.33. The van der Waals surface area contributed by atoms with Crippen LogP contribution in [0.5, 0.6) is 5.75 Å². The molecule has 36 heavy (non-hydrogen) atoms. The minimum absolute atomic E-state index is 0.0229. The van der Waals surface area contributed by atoms with E-state index in [1.54, 1.807) is 30.2 Å². The van der Waals surface area contributed by atoms with Crippen molar-refractivity contribution in [3.63, 3.8) is 0 Å². The van der Waals surface area contributed by atoms with Gasteiger partial charge in [0.2, 0.25) is 5.91 Å². The molecule has 0 radical (unpaired) electrons. The van der Waals surface area contributed by atoms with E-state index in [1.165, 1.54) is 4.90 Å². The molecule has 1 aliphatic heterocycles. The summed E-state index contributed by atoms with van der Waals surface area (Å²) < 4.78 is 5.20. The van der Waals surface area contributed by atoms with Crippen molar-refractivity contribution in [1.29, 1.82) is 0 Å². The number of benzene rings is 2. The van der Waals surface area contributed by atoms with E-state index in [9.17, 15) is 9.59 Å². The molecule has 8 heteroatoms. The lowest BCUT2D eigenvalue weighted by atomic mass is 10.1. The largest absolute Gasteiger partial charge is 0.497 e. The number of aromatic nitrogens is 2. The third-order valence-corrected chi connectivity index (χ3v) is 6.25. The zero-order valence-electron chi connectivity index (χ0n) is 20.8. The summed E-state index contributed by atoms with van der Waals surface area (Å²) in [6.07, 6.45) is 1.64. The summed E-state index contributed by atoms with van der Waals surface area (Å²) in [5.41, 5.74) is 3.40. The Labute approximate surface area is 211 Å². The number of piperazine rings is 1. The number of anilines is 1. The smallest absolute Gasteiger partial charge is 0.254 e. The molecule has 186 valence electrons. The Bertz CT molecular complexity index is 1190. The molecule has 2 aromatic carbocycles. The quantitative estimate of drug-likeness (QED) is 0.455. The number of carbonyl (C=O) groups is 2. The predicted octanol–water partition coefficient (Wildman–Crippen LogP) is 3.44. The molecule has 0 aliphatic carbocycles. The lowest BCUT2D eigenvalue weighted by molar-refractivity contribution is -0.132. The summed E-state index contributed by atoms with van der Waals surface area (Å²) in [5.74, 6) is 1.33. The average Bonchev–Trinajstić information content (AvgIpc) is 2.93. The minimum atomic E-state index is -0.172. The number of methoxy groups -OCH3 is 1. The Morgan fingerprint density at radius 2 is 1.67 bits per heavy atom. The van der Waals surface area contributed by atoms with Crippen molar-refractivity contribution in [2.45, 2.75) is 6.92 Å². The second-order valence-corrected chi connectivity index (χ2v) is 8.71. The Hall–Kier alpha value is -4.20. The molecular formula is C28H31N5O3. The molecular weight excluding hydrogens is 454 g/mol. The van der Waals surface area contributed by atoms with Gasteiger partial charge in [0, 0.05) is 43.9 Å². The van der Waals surface area contributed by atoms with Crippen LogP contribution >= 0.6 is 0 Å². The van der Waals surface area contributed by atoms with Crippen molar-refractivity contribution in [3.8, 4) is 17.0 Å². The highest BCUT2D eigenvalue weighted by Gasteiger charge is 2.25. The van der Waals surface area contributed by atoms with Gasteiger partial charge in [0.1, 0.15) is 12.3 Å². The molecule has 2 heterocycles. The second-order valence-electron chi connectivity index (χ2n) is 8.71. The van der Waals surface area contributed by atoms with E-state index >= 15 is 0 Å². The van der Waals surface area contributed by atoms with Gasteiger partial charge in [-0.15, -0.1) is 16.8 Å². The Kier molecular flexibility index (Phi) is 7.95. The maximum absolute atomic E-state index is 13.0. The first-order valence-corrected chi connectivity index (χ1v) is 12.0. The first kappa shape index (κ1) is 24.9. The van der Waals surface area contributed by atoms with Crippen molar-refractivity contribution >= 4 is 17.6 Å². The molecule has 1 fully saturated rings. The SMILES string of the molecule is C=CCN(CC(=O)N1CCN(c2ccc(-c3ccc(OC)cc3)nn2)CC1)C(=O)c1ccc(C)cc1. The van der Waals surface area contributed by atoms with Gasteiger partial charge in [-0.25, -0.2) is 0 Å². The number of amides is 2. The first-order valence-electron chi connectivity index (χ1n) is 12.0. The molecule has 0 unspecified atom stereocenters. The van der Waals surface area contributed by atoms with E-state index < -0.39 is 0 Å². The van der Waals surface area contributed by atoms with Gasteiger partial charge in [0.05, 0.1) is 12.8 Å². The fourth-order valence-corrected chi connectivity index (χ4v) is 4.11. The maximum atomic E-state index is 13.0. The number of hydrogen-bond acceptors (Lipinski definition) is 6. The Morgan fingerprint density at radius 1 is 0.972 bits per heavy atom. The third kappa shape index (κ3) is 5.89. The van der Waals surface area contributed by atoms with Crippen LogP contribution < -0.4 is 9.64 Å². The summed E-state index contributed by atoms with van der Waals surface area (Å²) in [6, 6.07) is 19.0. The molecule has 1 aromatic heterocycles. The molecule has 0 N–H and O–H groups in total. The monoisotopic (exact) mass is 485 g/mol. The highest BCUT2D eigenvalue weighted by Crippen LogP contribution is 2.22. The van der Waals surface area contributed by atoms with Gasteiger partial charge in [0.25, 0.3) is 5.91 Å². The number of nitrogens with zero attached hydrogens (tertiary/aromatic N) is 5. The number of ether oxygens (including phenoxy) is 1. The highest BCUT2D eigenvalue weighted by atomic mass is 16.5. The highest BCUT2D eigenvalue weighted by molar-refractivity contribution is 5.96. The average molecular weight is 486 g/mol. The van der Waals surface area contributed by atoms with Gasteiger partial charge in [-0.3, -0.25) is 9.59 Å². The second kappa shape index (κ2) is 11.5. The number of hydrogen-bond donors (Lipinski definition) is 0. The molecule has 1 aliphatic rings. The third-order valence-electron chi connectivity index (χ3n) is 6.25. The molecule has 0 spiro atoms. The van der Waals surface area contributed by atoms with Crippen LogP contribution in [0.1, 0.15) is 15.9 Å². The maximum Gasteiger partial charge on any atom is 0.254 e. The summed E-state index contributed by atoms with van der Waals surface area (Å²) in [6.45, 7) is 8.46. The van der Waals surface area contributed by atoms with E-state index in [2.05, 4.69) is 21.7 Å². The molecule has 0 atom stereocenters. The van der Waals surface area contributed by atoms with Crippen LogP contribution in [0.2, 0.25) is 0 Å². The van der Waals surface area contributed by atoms with Crippen molar-refractivity contribution in [2.75, 3.05) is 51.3 Å². The van der Waals surface area contributed by atoms with Gasteiger partial charge in [-0.2, -0.15) is 0 Å². The lowest BCUT2D eigenvalue weighted by Crippen LogP contribution is -2.52. The summed E-state index contributed by atoms with van der Waals surface area (Å²) >= 11 is 0. The van der Waals surface area contributed by atoms with Gasteiger partial charge in [0.15, 0.2) is 5.82 Å². The molecule has 4 rings (SSSR count). The fraction of sp³-hybridized carbons (Fsp3) is 0.286. The number of carbonyl (C=O) groups excluding carboxylic acids is 2. The topological polar surface area (TPSA) is 78.9 Å². The minimum Gasteiger partial charge on any atom is -0.497 e. The van der Waals surface area contributed by atoms with E-state index in [4.69, 9.17) is 4.74 Å². The molecule has 1 saturated heterocycles. The van der Waals surface area contributed by atoms with Crippen LogP contribution in [-0.2, 0) is 4.79 Å². The predicted molar refractivity (Wildman–Crippen MR) is 140 cm³/mol. The van der Waals surface area contributed by atoms with E-state index in [0.29, 0.717) is 38.3 Å². The summed E-state index contributed by atoms with van der Waals surface area (Å²) in [4.78, 5) is 31.4. The van der Waals surface area contributed by atoms with Crippen LogP contribution in [0.4, 0.5) is 5.82 Å². The van der Waals surface area contributed by atoms with Crippen molar-refractivity contribution in [2.24, 2.45) is 0 Å². The molecule has 2 amide bonds. The van der Waals surface area contributed by atoms with Crippen molar-refractivity contribution < 1.29 is 14.3 Å². The normalized spacial score (nSPS) is 13.3. The molecule has 3 aromatic rings. The van der Waals surface area contributed by atoms with E-state index in [0.717, 1.165) is 28.4 Å². The zero-order chi connectivity index (χ0) is 25.5. The van der Waals surface area contributed by atoms with E-state index in [-0.39, 0.29) is 18.4 Å². The van der Waals surface area contributed by atoms with E-state index in [1.807, 2.05) is 55.5 Å². The number of rotatable bonds is 8. The van der Waals surface area contributed by atoms with Gasteiger partial charge in [-0.1, -0.05) is 23.8 Å². The molecule has 0 bridgehead atoms. The number of aryl methyl sites for hydroxylation is 1. The van der Waals surface area contributed by atoms with Crippen molar-refractivity contribution in [1.82, 2.24) is 20.0 Å². The van der Waals surface area contributed by atoms with Crippen LogP contribution in [0.25, 0.3) is 11.3 Å². The van der Waals surface area contributed by atoms with Gasteiger partial charge >= 0.3 is 0 Å². The van der Waals surface area contributed by atoms with Crippen LogP contribution in [0, 0.1) is 6.92 Å². The summed E-state index contributed by atoms with van der Waals surface area (Å²) in [5, 5.41) is 8.78. The molecule has 0 saturated carbocycles. The van der Waals surface area contributed by atoms with Gasteiger partial charge in [-0.05, 0) is 55.5 Å². The van der Waals surface area contributed by atoms with Gasteiger partial charge < -0.3 is 19.4 Å². The standard InChI is InChI=1S/C28H31N5O3/c1-4-15-33(28(35)23-7-5-21(2)6-8-23)20-27(34)32-18-16-31(17-19-32)26-14-13-25(29-30-26)22-9-11-24(36-3)12-10-22/h4-14H,1,15-20H2,2-3H3. The first-order chi connectivity index (χ1) is 17.5. The van der Waals surface area contributed by atoms with Crippen LogP contribution in [0.15, 0.2) is 73.3 Å². The Morgan fingerprint density at radius 3 is 2.25 bits per heavy atom. The lowest BCUT2D eigenvalue weighted by Gasteiger charge is -2.36. The molecule has 8 nitrogen and oxygen atoms in total. The van der Waals surface area contributed by atoms with Crippen LogP contribution in [0.3, 0.4) is 0 Å². The van der Waals surface area contributed by atoms with Crippen molar-refractivity contribution in [3.05, 3.63) is 84.4 Å².